The van der Waals surface area contributed by atoms with Crippen LogP contribution in [0.1, 0.15) is 31.4 Å². The zero-order chi connectivity index (χ0) is 13.2. The predicted octanol–water partition coefficient (Wildman–Crippen LogP) is 1.92. The summed E-state index contributed by atoms with van der Waals surface area (Å²) >= 11 is 0. The van der Waals surface area contributed by atoms with Gasteiger partial charge < -0.3 is 0 Å². The Labute approximate surface area is 111 Å². The molecule has 3 rings (SSSR count). The van der Waals surface area contributed by atoms with E-state index in [0.717, 1.165) is 5.56 Å². The van der Waals surface area contributed by atoms with Gasteiger partial charge in [0.15, 0.2) is 5.82 Å². The van der Waals surface area contributed by atoms with Crippen LogP contribution in [0.5, 0.6) is 0 Å². The molecule has 0 radical (unpaired) electrons. The fourth-order valence-electron chi connectivity index (χ4n) is 2.67. The summed E-state index contributed by atoms with van der Waals surface area (Å²) in [7, 11) is 0. The van der Waals surface area contributed by atoms with Crippen LogP contribution in [-0.4, -0.2) is 33.2 Å². The number of nitrogens with one attached hydrogen (secondary N) is 2. The molecule has 1 aliphatic rings. The third-order valence-corrected chi connectivity index (χ3v) is 3.86. The number of rotatable bonds is 3. The predicted molar refractivity (Wildman–Crippen MR) is 73.9 cm³/mol. The molecule has 5 nitrogen and oxygen atoms in total. The normalized spacial score (nSPS) is 17.7. The Bertz CT molecular complexity index is 592. The monoisotopic (exact) mass is 258 g/mol. The maximum absolute atomic E-state index is 11.0. The number of aromatic amines is 2. The van der Waals surface area contributed by atoms with E-state index in [4.69, 9.17) is 0 Å². The Kier molecular flexibility index (Phi) is 3.21. The van der Waals surface area contributed by atoms with Crippen molar-refractivity contribution in [2.45, 2.75) is 25.8 Å². The lowest BCUT2D eigenvalue weighted by molar-refractivity contribution is 0.263. The van der Waals surface area contributed by atoms with Crippen molar-refractivity contribution in [2.75, 3.05) is 13.1 Å². The van der Waals surface area contributed by atoms with Gasteiger partial charge in [-0.2, -0.15) is 5.10 Å². The highest BCUT2D eigenvalue weighted by Gasteiger charge is 2.19. The molecule has 0 bridgehead atoms. The minimum Gasteiger partial charge on any atom is -0.297 e. The van der Waals surface area contributed by atoms with Gasteiger partial charge in [0.2, 0.25) is 0 Å². The average molecular weight is 258 g/mol. The highest BCUT2D eigenvalue weighted by atomic mass is 16.1. The number of benzene rings is 1. The fourth-order valence-corrected chi connectivity index (χ4v) is 2.67. The van der Waals surface area contributed by atoms with E-state index < -0.39 is 0 Å². The first-order chi connectivity index (χ1) is 9.24. The van der Waals surface area contributed by atoms with Crippen LogP contribution in [0.15, 0.2) is 29.1 Å². The number of nitrogens with zero attached hydrogens (tertiary/aromatic N) is 2. The summed E-state index contributed by atoms with van der Waals surface area (Å²) in [5.74, 6) is 0.588. The molecule has 2 aromatic rings. The highest BCUT2D eigenvalue weighted by Crippen LogP contribution is 2.25. The summed E-state index contributed by atoms with van der Waals surface area (Å²) < 4.78 is 0. The third kappa shape index (κ3) is 2.46. The molecule has 100 valence electrons. The maximum atomic E-state index is 11.0. The molecule has 2 heterocycles. The van der Waals surface area contributed by atoms with E-state index in [1.54, 1.807) is 0 Å². The number of hydrogen-bond donors (Lipinski definition) is 2. The van der Waals surface area contributed by atoms with Gasteiger partial charge in [-0.05, 0) is 38.4 Å². The average Bonchev–Trinajstić information content (AvgIpc) is 3.09. The van der Waals surface area contributed by atoms with Gasteiger partial charge in [0.05, 0.1) is 0 Å². The molecule has 5 heteroatoms. The van der Waals surface area contributed by atoms with Crippen LogP contribution in [0.4, 0.5) is 0 Å². The van der Waals surface area contributed by atoms with Gasteiger partial charge in [-0.25, -0.2) is 9.89 Å². The summed E-state index contributed by atoms with van der Waals surface area (Å²) in [6, 6.07) is 8.70. The Morgan fingerprint density at radius 2 is 1.89 bits per heavy atom. The number of H-pyrrole nitrogens is 2. The molecule has 1 atom stereocenters. The van der Waals surface area contributed by atoms with Crippen LogP contribution in [0, 0.1) is 0 Å². The van der Waals surface area contributed by atoms with Crippen molar-refractivity contribution >= 4 is 0 Å². The molecular formula is C14H18N4O. The second kappa shape index (κ2) is 5.01. The van der Waals surface area contributed by atoms with Crippen molar-refractivity contribution in [1.82, 2.24) is 20.1 Å². The van der Waals surface area contributed by atoms with E-state index in [2.05, 4.69) is 39.1 Å². The van der Waals surface area contributed by atoms with Crippen molar-refractivity contribution in [3.63, 3.8) is 0 Å². The Balaban J connectivity index is 1.80. The second-order valence-corrected chi connectivity index (χ2v) is 5.07. The lowest BCUT2D eigenvalue weighted by atomic mass is 10.0. The summed E-state index contributed by atoms with van der Waals surface area (Å²) in [5, 5.41) is 6.31. The highest BCUT2D eigenvalue weighted by molar-refractivity contribution is 5.54. The van der Waals surface area contributed by atoms with E-state index >= 15 is 0 Å². The van der Waals surface area contributed by atoms with Crippen molar-refractivity contribution in [1.29, 1.82) is 0 Å². The molecule has 0 spiro atoms. The molecule has 1 saturated heterocycles. The molecule has 0 aliphatic carbocycles. The molecule has 19 heavy (non-hydrogen) atoms. The largest absolute Gasteiger partial charge is 0.340 e. The van der Waals surface area contributed by atoms with Crippen molar-refractivity contribution in [2.24, 2.45) is 0 Å². The topological polar surface area (TPSA) is 64.8 Å². The van der Waals surface area contributed by atoms with E-state index in [0.29, 0.717) is 11.9 Å². The standard InChI is InChI=1S/C14H18N4O/c1-10(18-8-2-3-9-18)11-4-6-12(7-5-11)13-15-14(19)17-16-13/h4-7,10H,2-3,8-9H2,1H3,(H2,15,16,17,19)/t10-/m1/s1. The quantitative estimate of drug-likeness (QED) is 0.884. The molecule has 1 aromatic heterocycles. The van der Waals surface area contributed by atoms with Crippen LogP contribution < -0.4 is 5.69 Å². The van der Waals surface area contributed by atoms with Gasteiger partial charge in [0.25, 0.3) is 0 Å². The van der Waals surface area contributed by atoms with Gasteiger partial charge in [0, 0.05) is 11.6 Å². The van der Waals surface area contributed by atoms with Gasteiger partial charge >= 0.3 is 5.69 Å². The van der Waals surface area contributed by atoms with Gasteiger partial charge in [-0.3, -0.25) is 9.88 Å². The number of hydrogen-bond acceptors (Lipinski definition) is 3. The summed E-state index contributed by atoms with van der Waals surface area (Å²) in [6.45, 7) is 4.63. The molecule has 0 amide bonds. The Hall–Kier alpha value is -1.88. The van der Waals surface area contributed by atoms with E-state index in [1.165, 1.54) is 31.5 Å². The van der Waals surface area contributed by atoms with Crippen molar-refractivity contribution < 1.29 is 0 Å². The van der Waals surface area contributed by atoms with E-state index in [-0.39, 0.29) is 5.69 Å². The first kappa shape index (κ1) is 12.2. The number of aromatic nitrogens is 3. The molecule has 1 fully saturated rings. The lowest BCUT2D eigenvalue weighted by Crippen LogP contribution is -2.23. The Morgan fingerprint density at radius 3 is 2.47 bits per heavy atom. The lowest BCUT2D eigenvalue weighted by Gasteiger charge is -2.24. The summed E-state index contributed by atoms with van der Waals surface area (Å²) in [4.78, 5) is 16.2. The van der Waals surface area contributed by atoms with Crippen LogP contribution in [0.2, 0.25) is 0 Å². The molecule has 2 N–H and O–H groups in total. The molecule has 1 aliphatic heterocycles. The number of likely N-dealkylation sites (tertiary alicyclic amines) is 1. The van der Waals surface area contributed by atoms with Crippen LogP contribution in [0.25, 0.3) is 11.4 Å². The van der Waals surface area contributed by atoms with Crippen LogP contribution >= 0.6 is 0 Å². The fraction of sp³-hybridized carbons (Fsp3) is 0.429. The summed E-state index contributed by atoms with van der Waals surface area (Å²) in [5.41, 5.74) is 1.96. The first-order valence-electron chi connectivity index (χ1n) is 6.73. The first-order valence-corrected chi connectivity index (χ1v) is 6.73. The molecule has 1 aromatic carbocycles. The van der Waals surface area contributed by atoms with Crippen LogP contribution in [-0.2, 0) is 0 Å². The van der Waals surface area contributed by atoms with Crippen molar-refractivity contribution in [3.8, 4) is 11.4 Å². The van der Waals surface area contributed by atoms with E-state index in [9.17, 15) is 4.79 Å². The molecule has 0 saturated carbocycles. The molecule has 0 unspecified atom stereocenters. The maximum Gasteiger partial charge on any atom is 0.340 e. The Morgan fingerprint density at radius 1 is 1.21 bits per heavy atom. The zero-order valence-corrected chi connectivity index (χ0v) is 11.0. The third-order valence-electron chi connectivity index (χ3n) is 3.86. The smallest absolute Gasteiger partial charge is 0.297 e. The molecular weight excluding hydrogens is 240 g/mol. The zero-order valence-electron chi connectivity index (χ0n) is 11.0. The van der Waals surface area contributed by atoms with E-state index in [1.807, 2.05) is 12.1 Å². The van der Waals surface area contributed by atoms with Crippen molar-refractivity contribution in [3.05, 3.63) is 40.3 Å². The second-order valence-electron chi connectivity index (χ2n) is 5.07. The SMILES string of the molecule is C[C@H](c1ccc(-c2n[nH]c(=O)[nH]2)cc1)N1CCCC1. The minimum absolute atomic E-state index is 0.274. The van der Waals surface area contributed by atoms with Gasteiger partial charge in [-0.1, -0.05) is 24.3 Å². The van der Waals surface area contributed by atoms with Gasteiger partial charge in [-0.15, -0.1) is 0 Å². The summed E-state index contributed by atoms with van der Waals surface area (Å²) in [6.07, 6.45) is 2.61. The van der Waals surface area contributed by atoms with Crippen LogP contribution in [0.3, 0.4) is 0 Å². The minimum atomic E-state index is -0.274. The van der Waals surface area contributed by atoms with Gasteiger partial charge in [0.1, 0.15) is 0 Å².